The molecule has 3 heterocycles. The van der Waals surface area contributed by atoms with Gasteiger partial charge in [0, 0.05) is 32.3 Å². The summed E-state index contributed by atoms with van der Waals surface area (Å²) in [5.41, 5.74) is 20.6. The monoisotopic (exact) mass is 1580 g/mol. The van der Waals surface area contributed by atoms with E-state index in [2.05, 4.69) is 166 Å². The van der Waals surface area contributed by atoms with Crippen LogP contribution in [0.1, 0.15) is 46.9 Å². The van der Waals surface area contributed by atoms with Gasteiger partial charge in [-0.2, -0.15) is 0 Å². The zero-order chi connectivity index (χ0) is 94.6. The molecule has 21 aromatic carbocycles. The maximum Gasteiger partial charge on any atom is 0.136 e. The Labute approximate surface area is 726 Å². The van der Waals surface area contributed by atoms with E-state index in [1.165, 1.54) is 78.0 Å². The molecule has 0 fully saturated rings. The highest BCUT2D eigenvalue weighted by atomic mass is 19.1. The molecule has 0 spiro atoms. The van der Waals surface area contributed by atoms with Crippen LogP contribution in [0.4, 0.5) is 4.39 Å². The average molecular weight is 1580 g/mol. The Hall–Kier alpha value is -15.5. The fourth-order valence-corrected chi connectivity index (χ4v) is 18.2. The SMILES string of the molecule is CC(C)(C)c1cccc(-c2cccc3oc4ccc(-c5c6ccccc6c(-c6ccccc6)c6ccccc56)cc4c23)c1.[2H]c1c([2H])c([2H])c(-c2c3ccccc3c(-c3ccc4oc5cc(-c6cccc(F)c6)ccc5c4c3)c3ccccc23)c([2H])c1[2H].[2H]c1c([2H])c([2H])c(-c2ccc3oc4ccc(-c5c6ccccc6c(-c6c([2H])c([2H])c([2H])c([2H])c6[2H])c6ccccc56)cc4c3c2)c([2H])c1[2H]. The van der Waals surface area contributed by atoms with Gasteiger partial charge in [0.2, 0.25) is 0 Å². The standard InChI is InChI=1S/C42H32O.C38H23FO.C38H24O/c1-42(2,3)30-16-11-15-28(25-30)31-21-12-22-38-41(31)36-26-29(23-24-37(36)43-38)40-34-19-9-7-17-32(34)39(27-13-5-4-6-14-27)33-18-8-10-20-35(33)40;39-28-12-8-11-25(21-28)26-17-19-29-34-22-27(18-20-35(34)40-36(29)23-26)38-32-15-6-4-13-30(32)37(24-9-2-1-3-10-24)31-14-5-7-16-33(31)38;1-3-11-25(12-4-1)27-19-21-35-33(23-27)34-24-28(20-22-36(34)39-35)38-31-17-9-7-15-29(31)37(26-13-5-2-6-14-26)30-16-8-10-18-32(30)38/h4-26H,1-3H3;1-23H;1-24H/i;1D,2D,3D,9D,10D;1D,2D,3D,4D,5D,6D,11D,12D,13D,14D. The summed E-state index contributed by atoms with van der Waals surface area (Å²) in [6.07, 6.45) is 0. The molecule has 122 heavy (non-hydrogen) atoms. The third kappa shape index (κ3) is 12.8. The van der Waals surface area contributed by atoms with Crippen LogP contribution < -0.4 is 0 Å². The normalized spacial score (nSPS) is 13.5. The molecular weight excluding hydrogens is 1480 g/mol. The second-order valence-corrected chi connectivity index (χ2v) is 31.8. The Balaban J connectivity index is 0.000000119. The number of hydrogen-bond donors (Lipinski definition) is 0. The van der Waals surface area contributed by atoms with Crippen molar-refractivity contribution in [3.05, 3.63) is 436 Å². The predicted molar refractivity (Wildman–Crippen MR) is 514 cm³/mol. The van der Waals surface area contributed by atoms with Gasteiger partial charge < -0.3 is 13.3 Å². The van der Waals surface area contributed by atoms with Gasteiger partial charge in [0.25, 0.3) is 0 Å². The molecule has 0 amide bonds. The Morgan fingerprint density at radius 1 is 0.205 bits per heavy atom. The highest BCUT2D eigenvalue weighted by Gasteiger charge is 2.25. The van der Waals surface area contributed by atoms with Crippen molar-refractivity contribution < 1.29 is 38.2 Å². The van der Waals surface area contributed by atoms with E-state index in [0.717, 1.165) is 115 Å². The van der Waals surface area contributed by atoms with Gasteiger partial charge in [0.15, 0.2) is 0 Å². The summed E-state index contributed by atoms with van der Waals surface area (Å²) < 4.78 is 159. The third-order valence-corrected chi connectivity index (χ3v) is 23.6. The minimum absolute atomic E-state index is 0.0730. The van der Waals surface area contributed by atoms with Gasteiger partial charge in [-0.3, -0.25) is 0 Å². The lowest BCUT2D eigenvalue weighted by molar-refractivity contribution is 0.590. The second-order valence-electron chi connectivity index (χ2n) is 31.8. The van der Waals surface area contributed by atoms with E-state index in [0.29, 0.717) is 38.8 Å². The van der Waals surface area contributed by atoms with Crippen molar-refractivity contribution in [1.29, 1.82) is 0 Å². The van der Waals surface area contributed by atoms with Crippen LogP contribution >= 0.6 is 0 Å². The lowest BCUT2D eigenvalue weighted by Crippen LogP contribution is -2.10. The molecule has 0 N–H and O–H groups in total. The number of fused-ring (bicyclic) bond motifs is 15. The summed E-state index contributed by atoms with van der Waals surface area (Å²) in [4.78, 5) is 0. The summed E-state index contributed by atoms with van der Waals surface area (Å²) in [7, 11) is 0. The number of rotatable bonds is 9. The molecule has 24 aromatic rings. The van der Waals surface area contributed by atoms with Gasteiger partial charge in [-0.05, 0) is 255 Å². The van der Waals surface area contributed by atoms with Crippen LogP contribution in [0, 0.1) is 5.82 Å². The van der Waals surface area contributed by atoms with E-state index in [4.69, 9.17) is 33.8 Å². The molecule has 0 aliphatic heterocycles. The van der Waals surface area contributed by atoms with E-state index in [1.54, 1.807) is 24.3 Å². The maximum atomic E-state index is 13.9. The molecule has 0 aliphatic rings. The highest BCUT2D eigenvalue weighted by Crippen LogP contribution is 2.51. The first-order chi connectivity index (χ1) is 66.3. The lowest BCUT2D eigenvalue weighted by Gasteiger charge is -2.20. The molecule has 0 unspecified atom stereocenters. The molecule has 0 saturated carbocycles. The Morgan fingerprint density at radius 2 is 0.525 bits per heavy atom. The van der Waals surface area contributed by atoms with Crippen molar-refractivity contribution in [2.45, 2.75) is 26.2 Å². The number of benzene rings is 21. The fourth-order valence-electron chi connectivity index (χ4n) is 18.2. The van der Waals surface area contributed by atoms with Gasteiger partial charge in [-0.1, -0.05) is 366 Å². The van der Waals surface area contributed by atoms with Crippen molar-refractivity contribution in [2.24, 2.45) is 0 Å². The van der Waals surface area contributed by atoms with Crippen LogP contribution in [0.3, 0.4) is 0 Å². The number of furan rings is 3. The molecule has 0 bridgehead atoms. The molecule has 0 saturated heterocycles. The van der Waals surface area contributed by atoms with Crippen LogP contribution in [0.25, 0.3) is 231 Å². The molecule has 3 nitrogen and oxygen atoms in total. The lowest BCUT2D eigenvalue weighted by atomic mass is 9.84. The topological polar surface area (TPSA) is 39.4 Å². The van der Waals surface area contributed by atoms with Crippen LogP contribution in [0.5, 0.6) is 0 Å². The summed E-state index contributed by atoms with van der Waals surface area (Å²) in [5, 5.41) is 17.2. The van der Waals surface area contributed by atoms with Crippen LogP contribution in [-0.2, 0) is 5.41 Å². The van der Waals surface area contributed by atoms with Crippen LogP contribution in [0.15, 0.2) is 438 Å². The first-order valence-electron chi connectivity index (χ1n) is 48.1. The quantitative estimate of drug-likeness (QED) is 0.135. The Morgan fingerprint density at radius 3 is 0.975 bits per heavy atom. The van der Waals surface area contributed by atoms with Crippen molar-refractivity contribution in [2.75, 3.05) is 0 Å². The van der Waals surface area contributed by atoms with Crippen molar-refractivity contribution in [3.63, 3.8) is 0 Å². The van der Waals surface area contributed by atoms with Gasteiger partial charge in [0.05, 0.1) is 20.6 Å². The van der Waals surface area contributed by atoms with Gasteiger partial charge in [0.1, 0.15) is 39.3 Å². The maximum absolute atomic E-state index is 13.9. The molecule has 576 valence electrons. The second kappa shape index (κ2) is 30.1. The fraction of sp³-hybridized carbons (Fsp3) is 0.0339. The van der Waals surface area contributed by atoms with Gasteiger partial charge >= 0.3 is 0 Å². The summed E-state index contributed by atoms with van der Waals surface area (Å²) in [5.74, 6) is -0.293. The van der Waals surface area contributed by atoms with E-state index < -0.39 is 42.3 Å². The van der Waals surface area contributed by atoms with E-state index in [-0.39, 0.29) is 76.3 Å². The van der Waals surface area contributed by atoms with E-state index in [9.17, 15) is 4.39 Å². The first kappa shape index (κ1) is 58.4. The Bertz CT molecular complexity index is 8990. The van der Waals surface area contributed by atoms with Crippen molar-refractivity contribution >= 4 is 130 Å². The number of hydrogen-bond acceptors (Lipinski definition) is 3. The first-order valence-corrected chi connectivity index (χ1v) is 40.6. The summed E-state index contributed by atoms with van der Waals surface area (Å²) >= 11 is 0. The average Bonchev–Trinajstić information content (AvgIpc) is 1.57. The summed E-state index contributed by atoms with van der Waals surface area (Å²) in [6.45, 7) is 6.80. The third-order valence-electron chi connectivity index (χ3n) is 23.6. The van der Waals surface area contributed by atoms with E-state index in [1.807, 2.05) is 152 Å². The van der Waals surface area contributed by atoms with Crippen molar-refractivity contribution in [3.8, 4) is 100 Å². The highest BCUT2D eigenvalue weighted by molar-refractivity contribution is 6.26. The molecule has 0 atom stereocenters. The summed E-state index contributed by atoms with van der Waals surface area (Å²) in [6, 6.07) is 106. The van der Waals surface area contributed by atoms with Crippen LogP contribution in [0.2, 0.25) is 0 Å². The zero-order valence-electron chi connectivity index (χ0n) is 81.4. The number of halogens is 1. The molecule has 3 aromatic heterocycles. The zero-order valence-corrected chi connectivity index (χ0v) is 66.4. The van der Waals surface area contributed by atoms with E-state index >= 15 is 0 Å². The minimum Gasteiger partial charge on any atom is -0.456 e. The minimum atomic E-state index is -0.449. The van der Waals surface area contributed by atoms with Crippen molar-refractivity contribution in [1.82, 2.24) is 0 Å². The smallest absolute Gasteiger partial charge is 0.136 e. The molecule has 24 rings (SSSR count). The molecule has 0 aliphatic carbocycles. The Kier molecular flexibility index (Phi) is 14.4. The van der Waals surface area contributed by atoms with Crippen LogP contribution in [-0.4, -0.2) is 0 Å². The molecule has 4 heteroatoms. The molecular formula is C118H79FO3. The largest absolute Gasteiger partial charge is 0.456 e. The van der Waals surface area contributed by atoms with Gasteiger partial charge in [-0.15, -0.1) is 0 Å². The van der Waals surface area contributed by atoms with Gasteiger partial charge in [-0.25, -0.2) is 4.39 Å². The predicted octanol–water partition coefficient (Wildman–Crippen LogP) is 34.1. The molecule has 0 radical (unpaired) electrons.